The standard InChI is InChI=1S/C15H21NO2/c1-11-6-7-14(9-12(11)2)16-8-4-5-13(10-16)15(17)18-3/h6-7,9,13H,4-5,8,10H2,1-3H3. The van der Waals surface area contributed by atoms with Crippen molar-refractivity contribution in [3.8, 4) is 0 Å². The van der Waals surface area contributed by atoms with Gasteiger partial charge in [-0.15, -0.1) is 0 Å². The molecule has 1 aromatic rings. The molecule has 18 heavy (non-hydrogen) atoms. The van der Waals surface area contributed by atoms with Crippen LogP contribution in [0.15, 0.2) is 18.2 Å². The average Bonchev–Trinajstić information content (AvgIpc) is 2.41. The van der Waals surface area contributed by atoms with Crippen molar-refractivity contribution in [2.24, 2.45) is 5.92 Å². The van der Waals surface area contributed by atoms with E-state index in [1.165, 1.54) is 23.9 Å². The highest BCUT2D eigenvalue weighted by molar-refractivity contribution is 5.73. The van der Waals surface area contributed by atoms with Crippen molar-refractivity contribution in [3.05, 3.63) is 29.3 Å². The summed E-state index contributed by atoms with van der Waals surface area (Å²) in [6.45, 7) is 6.04. The maximum absolute atomic E-state index is 11.6. The Morgan fingerprint density at radius 2 is 2.11 bits per heavy atom. The van der Waals surface area contributed by atoms with Crippen molar-refractivity contribution < 1.29 is 9.53 Å². The van der Waals surface area contributed by atoms with Crippen LogP contribution in [0.4, 0.5) is 5.69 Å². The number of carbonyl (C=O) groups is 1. The molecular formula is C15H21NO2. The molecule has 0 radical (unpaired) electrons. The lowest BCUT2D eigenvalue weighted by Gasteiger charge is -2.33. The SMILES string of the molecule is COC(=O)C1CCCN(c2ccc(C)c(C)c2)C1. The monoisotopic (exact) mass is 247 g/mol. The normalized spacial score (nSPS) is 19.7. The predicted octanol–water partition coefficient (Wildman–Crippen LogP) is 2.69. The van der Waals surface area contributed by atoms with Crippen LogP contribution >= 0.6 is 0 Å². The zero-order chi connectivity index (χ0) is 13.1. The van der Waals surface area contributed by atoms with Crippen LogP contribution in [0, 0.1) is 19.8 Å². The summed E-state index contributed by atoms with van der Waals surface area (Å²) in [6.07, 6.45) is 1.99. The van der Waals surface area contributed by atoms with E-state index in [9.17, 15) is 4.79 Å². The van der Waals surface area contributed by atoms with Crippen molar-refractivity contribution in [2.75, 3.05) is 25.1 Å². The molecule has 1 saturated heterocycles. The number of rotatable bonds is 2. The second kappa shape index (κ2) is 5.42. The van der Waals surface area contributed by atoms with Crippen LogP contribution in [0.1, 0.15) is 24.0 Å². The van der Waals surface area contributed by atoms with E-state index in [0.717, 1.165) is 25.9 Å². The third-order valence-corrected chi connectivity index (χ3v) is 3.81. The molecule has 1 unspecified atom stereocenters. The number of ether oxygens (including phenoxy) is 1. The molecule has 1 aliphatic heterocycles. The van der Waals surface area contributed by atoms with E-state index in [-0.39, 0.29) is 11.9 Å². The van der Waals surface area contributed by atoms with Gasteiger partial charge in [0.2, 0.25) is 0 Å². The largest absolute Gasteiger partial charge is 0.469 e. The molecular weight excluding hydrogens is 226 g/mol. The second-order valence-electron chi connectivity index (χ2n) is 5.08. The van der Waals surface area contributed by atoms with E-state index in [2.05, 4.69) is 36.9 Å². The molecule has 1 fully saturated rings. The van der Waals surface area contributed by atoms with Gasteiger partial charge in [-0.1, -0.05) is 6.07 Å². The topological polar surface area (TPSA) is 29.5 Å². The number of aryl methyl sites for hydroxylation is 2. The van der Waals surface area contributed by atoms with Crippen LogP contribution in [0.25, 0.3) is 0 Å². The fourth-order valence-electron chi connectivity index (χ4n) is 2.49. The highest BCUT2D eigenvalue weighted by atomic mass is 16.5. The van der Waals surface area contributed by atoms with Gasteiger partial charge >= 0.3 is 5.97 Å². The Morgan fingerprint density at radius 3 is 2.78 bits per heavy atom. The van der Waals surface area contributed by atoms with Crippen LogP contribution in [0.5, 0.6) is 0 Å². The van der Waals surface area contributed by atoms with E-state index in [4.69, 9.17) is 4.74 Å². The summed E-state index contributed by atoms with van der Waals surface area (Å²) in [5, 5.41) is 0. The number of piperidine rings is 1. The minimum atomic E-state index is -0.0801. The van der Waals surface area contributed by atoms with E-state index >= 15 is 0 Å². The Hall–Kier alpha value is -1.51. The molecule has 98 valence electrons. The summed E-state index contributed by atoms with van der Waals surface area (Å²) in [6, 6.07) is 6.49. The minimum Gasteiger partial charge on any atom is -0.469 e. The number of anilines is 1. The first kappa shape index (κ1) is 12.9. The first-order chi connectivity index (χ1) is 8.61. The molecule has 1 atom stereocenters. The molecule has 3 heteroatoms. The summed E-state index contributed by atoms with van der Waals surface area (Å²) in [5.74, 6) is -0.0612. The van der Waals surface area contributed by atoms with Gasteiger partial charge in [0.25, 0.3) is 0 Å². The van der Waals surface area contributed by atoms with Crippen LogP contribution in [0.3, 0.4) is 0 Å². The van der Waals surface area contributed by atoms with Crippen molar-refractivity contribution >= 4 is 11.7 Å². The zero-order valence-electron chi connectivity index (χ0n) is 11.4. The molecule has 0 aliphatic carbocycles. The molecule has 1 heterocycles. The fourth-order valence-corrected chi connectivity index (χ4v) is 2.49. The van der Waals surface area contributed by atoms with Crippen molar-refractivity contribution in [1.29, 1.82) is 0 Å². The fraction of sp³-hybridized carbons (Fsp3) is 0.533. The number of esters is 1. The lowest BCUT2D eigenvalue weighted by atomic mass is 9.97. The quantitative estimate of drug-likeness (QED) is 0.753. The molecule has 1 aliphatic rings. The molecule has 0 amide bonds. The molecule has 1 aromatic carbocycles. The van der Waals surface area contributed by atoms with Crippen LogP contribution < -0.4 is 4.90 Å². The van der Waals surface area contributed by atoms with E-state index in [1.807, 2.05) is 0 Å². The molecule has 0 aromatic heterocycles. The second-order valence-corrected chi connectivity index (χ2v) is 5.08. The summed E-state index contributed by atoms with van der Waals surface area (Å²) < 4.78 is 4.85. The zero-order valence-corrected chi connectivity index (χ0v) is 11.4. The van der Waals surface area contributed by atoms with Crippen LogP contribution in [-0.4, -0.2) is 26.2 Å². The van der Waals surface area contributed by atoms with Gasteiger partial charge in [-0.3, -0.25) is 4.79 Å². The minimum absolute atomic E-state index is 0.0189. The first-order valence-electron chi connectivity index (χ1n) is 6.52. The summed E-state index contributed by atoms with van der Waals surface area (Å²) in [5.41, 5.74) is 3.82. The van der Waals surface area contributed by atoms with Gasteiger partial charge < -0.3 is 9.64 Å². The van der Waals surface area contributed by atoms with Crippen LogP contribution in [-0.2, 0) is 9.53 Å². The highest BCUT2D eigenvalue weighted by Gasteiger charge is 2.26. The molecule has 0 saturated carbocycles. The number of methoxy groups -OCH3 is 1. The first-order valence-corrected chi connectivity index (χ1v) is 6.52. The highest BCUT2D eigenvalue weighted by Crippen LogP contribution is 2.25. The number of hydrogen-bond donors (Lipinski definition) is 0. The van der Waals surface area contributed by atoms with Crippen LogP contribution in [0.2, 0.25) is 0 Å². The molecule has 0 spiro atoms. The van der Waals surface area contributed by atoms with Gasteiger partial charge in [0, 0.05) is 18.8 Å². The summed E-state index contributed by atoms with van der Waals surface area (Å²) >= 11 is 0. The number of benzene rings is 1. The Bertz CT molecular complexity index is 442. The molecule has 0 bridgehead atoms. The van der Waals surface area contributed by atoms with Gasteiger partial charge in [0.15, 0.2) is 0 Å². The predicted molar refractivity (Wildman–Crippen MR) is 72.9 cm³/mol. The van der Waals surface area contributed by atoms with Gasteiger partial charge in [-0.05, 0) is 49.9 Å². The third kappa shape index (κ3) is 2.66. The Morgan fingerprint density at radius 1 is 1.33 bits per heavy atom. The van der Waals surface area contributed by atoms with Crippen molar-refractivity contribution in [2.45, 2.75) is 26.7 Å². The lowest BCUT2D eigenvalue weighted by molar-refractivity contribution is -0.145. The maximum Gasteiger partial charge on any atom is 0.310 e. The number of carbonyl (C=O) groups excluding carboxylic acids is 1. The average molecular weight is 247 g/mol. The summed E-state index contributed by atoms with van der Waals surface area (Å²) in [7, 11) is 1.47. The number of hydrogen-bond acceptors (Lipinski definition) is 3. The Kier molecular flexibility index (Phi) is 3.90. The smallest absolute Gasteiger partial charge is 0.310 e. The van der Waals surface area contributed by atoms with Gasteiger partial charge in [-0.25, -0.2) is 0 Å². The number of nitrogens with zero attached hydrogens (tertiary/aromatic N) is 1. The van der Waals surface area contributed by atoms with E-state index < -0.39 is 0 Å². The van der Waals surface area contributed by atoms with E-state index in [0.29, 0.717) is 0 Å². The molecule has 0 N–H and O–H groups in total. The van der Waals surface area contributed by atoms with Gasteiger partial charge in [0.1, 0.15) is 0 Å². The molecule has 2 rings (SSSR count). The molecule has 3 nitrogen and oxygen atoms in total. The maximum atomic E-state index is 11.6. The Balaban J connectivity index is 2.13. The third-order valence-electron chi connectivity index (χ3n) is 3.81. The van der Waals surface area contributed by atoms with E-state index in [1.54, 1.807) is 0 Å². The van der Waals surface area contributed by atoms with Crippen molar-refractivity contribution in [1.82, 2.24) is 0 Å². The van der Waals surface area contributed by atoms with Gasteiger partial charge in [0.05, 0.1) is 13.0 Å². The van der Waals surface area contributed by atoms with Crippen molar-refractivity contribution in [3.63, 3.8) is 0 Å². The lowest BCUT2D eigenvalue weighted by Crippen LogP contribution is -2.39. The van der Waals surface area contributed by atoms with Gasteiger partial charge in [-0.2, -0.15) is 0 Å². The summed E-state index contributed by atoms with van der Waals surface area (Å²) in [4.78, 5) is 13.9. The Labute approximate surface area is 109 Å².